The van der Waals surface area contributed by atoms with Crippen molar-refractivity contribution in [1.29, 1.82) is 0 Å². The molecule has 0 unspecified atom stereocenters. The number of hydrogen-bond acceptors (Lipinski definition) is 4. The number of nitrogens with one attached hydrogen (secondary N) is 1. The average Bonchev–Trinajstić information content (AvgIpc) is 3.05. The van der Waals surface area contributed by atoms with Crippen LogP contribution in [0.25, 0.3) is 10.9 Å². The highest BCUT2D eigenvalue weighted by Gasteiger charge is 2.38. The van der Waals surface area contributed by atoms with Gasteiger partial charge in [0.05, 0.1) is 5.52 Å². The van der Waals surface area contributed by atoms with Gasteiger partial charge in [-0.15, -0.1) is 0 Å². The fraction of sp³-hybridized carbons (Fsp3) is 0.429. The largest absolute Gasteiger partial charge is 0.481 e. The summed E-state index contributed by atoms with van der Waals surface area (Å²) >= 11 is 0. The van der Waals surface area contributed by atoms with Crippen LogP contribution in [-0.2, 0) is 20.9 Å². The minimum atomic E-state index is -0.894. The van der Waals surface area contributed by atoms with Crippen LogP contribution in [-0.4, -0.2) is 45.4 Å². The summed E-state index contributed by atoms with van der Waals surface area (Å²) < 4.78 is 0. The van der Waals surface area contributed by atoms with Gasteiger partial charge in [0.15, 0.2) is 0 Å². The van der Waals surface area contributed by atoms with Crippen LogP contribution in [0.3, 0.4) is 0 Å². The lowest BCUT2D eigenvalue weighted by Crippen LogP contribution is -2.43. The summed E-state index contributed by atoms with van der Waals surface area (Å²) in [6.07, 6.45) is 3.77. The second kappa shape index (κ2) is 8.37. The highest BCUT2D eigenvalue weighted by molar-refractivity contribution is 5.81. The monoisotopic (exact) mass is 383 g/mol. The summed E-state index contributed by atoms with van der Waals surface area (Å²) in [6, 6.07) is 9.80. The van der Waals surface area contributed by atoms with E-state index in [4.69, 9.17) is 5.11 Å². The summed E-state index contributed by atoms with van der Waals surface area (Å²) in [5, 5.41) is 12.9. The van der Waals surface area contributed by atoms with Crippen LogP contribution in [0.15, 0.2) is 36.5 Å². The summed E-state index contributed by atoms with van der Waals surface area (Å²) in [5.74, 6) is -0.993. The molecule has 2 heterocycles. The molecule has 148 valence electrons. The number of carboxylic acids is 1. The van der Waals surface area contributed by atoms with E-state index in [-0.39, 0.29) is 24.7 Å². The van der Waals surface area contributed by atoms with Crippen LogP contribution in [0.2, 0.25) is 0 Å². The van der Waals surface area contributed by atoms with Gasteiger partial charge in [-0.3, -0.25) is 19.4 Å². The molecule has 2 N–H and O–H groups in total. The minimum Gasteiger partial charge on any atom is -0.481 e. The van der Waals surface area contributed by atoms with E-state index in [9.17, 15) is 14.4 Å². The molecule has 2 aromatic rings. The molecule has 0 spiro atoms. The van der Waals surface area contributed by atoms with E-state index in [1.165, 1.54) is 0 Å². The van der Waals surface area contributed by atoms with Crippen LogP contribution in [0.1, 0.15) is 44.1 Å². The van der Waals surface area contributed by atoms with Crippen molar-refractivity contribution < 1.29 is 19.5 Å². The number of carbonyl (C=O) groups is 3. The van der Waals surface area contributed by atoms with Crippen molar-refractivity contribution >= 4 is 28.7 Å². The van der Waals surface area contributed by atoms with Crippen molar-refractivity contribution in [2.75, 3.05) is 7.05 Å². The lowest BCUT2D eigenvalue weighted by atomic mass is 9.86. The van der Waals surface area contributed by atoms with Crippen molar-refractivity contribution in [3.63, 3.8) is 0 Å². The SMILES string of the molecule is CN(Cc1ccc2ncccc2c1)C(=O)CC[C@@]1(CCC(=O)O)CCC(=O)N1. The molecule has 1 aliphatic heterocycles. The van der Waals surface area contributed by atoms with Gasteiger partial charge in [0, 0.05) is 50.0 Å². The Labute approximate surface area is 163 Å². The second-order valence-corrected chi connectivity index (χ2v) is 7.50. The van der Waals surface area contributed by atoms with Crippen LogP contribution in [0, 0.1) is 0 Å². The number of hydrogen-bond donors (Lipinski definition) is 2. The molecule has 0 radical (unpaired) electrons. The van der Waals surface area contributed by atoms with Gasteiger partial charge in [0.1, 0.15) is 0 Å². The number of amides is 2. The third-order valence-electron chi connectivity index (χ3n) is 5.38. The van der Waals surface area contributed by atoms with Gasteiger partial charge >= 0.3 is 5.97 Å². The Morgan fingerprint density at radius 3 is 2.75 bits per heavy atom. The first-order chi connectivity index (χ1) is 13.4. The topological polar surface area (TPSA) is 99.6 Å². The number of nitrogens with zero attached hydrogens (tertiary/aromatic N) is 2. The lowest BCUT2D eigenvalue weighted by Gasteiger charge is -2.29. The fourth-order valence-electron chi connectivity index (χ4n) is 3.74. The molecular formula is C21H25N3O4. The summed E-state index contributed by atoms with van der Waals surface area (Å²) in [5.41, 5.74) is 1.35. The Bertz CT molecular complexity index is 898. The van der Waals surface area contributed by atoms with Gasteiger partial charge in [-0.2, -0.15) is 0 Å². The minimum absolute atomic E-state index is 0.0184. The van der Waals surface area contributed by atoms with Gasteiger partial charge in [0.25, 0.3) is 0 Å². The molecule has 1 aliphatic rings. The Morgan fingerprint density at radius 2 is 2.04 bits per heavy atom. The molecule has 28 heavy (non-hydrogen) atoms. The third-order valence-corrected chi connectivity index (χ3v) is 5.38. The smallest absolute Gasteiger partial charge is 0.303 e. The molecule has 0 saturated carbocycles. The average molecular weight is 383 g/mol. The van der Waals surface area contributed by atoms with Crippen LogP contribution in [0.4, 0.5) is 0 Å². The predicted molar refractivity (Wildman–Crippen MR) is 104 cm³/mol. The van der Waals surface area contributed by atoms with Gasteiger partial charge in [-0.1, -0.05) is 12.1 Å². The Morgan fingerprint density at radius 1 is 1.25 bits per heavy atom. The number of carbonyl (C=O) groups excluding carboxylic acids is 2. The first kappa shape index (κ1) is 19.8. The molecule has 1 fully saturated rings. The highest BCUT2D eigenvalue weighted by Crippen LogP contribution is 2.30. The maximum absolute atomic E-state index is 12.6. The quantitative estimate of drug-likeness (QED) is 0.730. The number of carboxylic acid groups (broad SMARTS) is 1. The Kier molecular flexibility index (Phi) is 5.92. The van der Waals surface area contributed by atoms with E-state index in [0.717, 1.165) is 16.5 Å². The highest BCUT2D eigenvalue weighted by atomic mass is 16.4. The summed E-state index contributed by atoms with van der Waals surface area (Å²) in [6.45, 7) is 0.484. The van der Waals surface area contributed by atoms with Gasteiger partial charge in [0.2, 0.25) is 11.8 Å². The van der Waals surface area contributed by atoms with Gasteiger partial charge < -0.3 is 15.3 Å². The van der Waals surface area contributed by atoms with Crippen LogP contribution < -0.4 is 5.32 Å². The van der Waals surface area contributed by atoms with Crippen molar-refractivity contribution in [2.45, 2.75) is 50.6 Å². The third kappa shape index (κ3) is 4.85. The zero-order valence-corrected chi connectivity index (χ0v) is 16.0. The first-order valence-corrected chi connectivity index (χ1v) is 9.47. The van der Waals surface area contributed by atoms with Gasteiger partial charge in [-0.25, -0.2) is 0 Å². The van der Waals surface area contributed by atoms with Crippen molar-refractivity contribution in [2.24, 2.45) is 0 Å². The number of aromatic nitrogens is 1. The van der Waals surface area contributed by atoms with E-state index >= 15 is 0 Å². The van der Waals surface area contributed by atoms with Crippen molar-refractivity contribution in [3.05, 3.63) is 42.1 Å². The van der Waals surface area contributed by atoms with E-state index in [1.54, 1.807) is 18.1 Å². The zero-order valence-electron chi connectivity index (χ0n) is 16.0. The summed E-state index contributed by atoms with van der Waals surface area (Å²) in [4.78, 5) is 41.2. The molecule has 3 rings (SSSR count). The molecule has 0 bridgehead atoms. The Hall–Kier alpha value is -2.96. The van der Waals surface area contributed by atoms with E-state index in [1.807, 2.05) is 30.3 Å². The maximum Gasteiger partial charge on any atom is 0.303 e. The first-order valence-electron chi connectivity index (χ1n) is 9.47. The molecule has 1 saturated heterocycles. The molecule has 1 aromatic heterocycles. The molecule has 2 amide bonds. The Balaban J connectivity index is 1.59. The fourth-order valence-corrected chi connectivity index (χ4v) is 3.74. The number of benzene rings is 1. The molecule has 0 aliphatic carbocycles. The normalized spacial score (nSPS) is 18.8. The summed E-state index contributed by atoms with van der Waals surface area (Å²) in [7, 11) is 1.76. The molecule has 1 atom stereocenters. The number of rotatable bonds is 8. The second-order valence-electron chi connectivity index (χ2n) is 7.50. The van der Waals surface area contributed by atoms with E-state index in [2.05, 4.69) is 10.3 Å². The predicted octanol–water partition coefficient (Wildman–Crippen LogP) is 2.49. The number of pyridine rings is 1. The van der Waals surface area contributed by atoms with Crippen molar-refractivity contribution in [3.8, 4) is 0 Å². The van der Waals surface area contributed by atoms with E-state index < -0.39 is 11.5 Å². The maximum atomic E-state index is 12.6. The number of fused-ring (bicyclic) bond motifs is 1. The molecule has 7 nitrogen and oxygen atoms in total. The molecular weight excluding hydrogens is 358 g/mol. The zero-order chi connectivity index (χ0) is 20.1. The molecule has 1 aromatic carbocycles. The lowest BCUT2D eigenvalue weighted by molar-refractivity contribution is -0.137. The van der Waals surface area contributed by atoms with E-state index in [0.29, 0.717) is 32.2 Å². The standard InChI is InChI=1S/C21H25N3O4/c1-24(14-15-4-5-17-16(13-15)3-2-12-22-17)19(26)7-10-21(11-8-20(27)28)9-6-18(25)23-21/h2-5,12-13H,6-11,14H2,1H3,(H,23,25)(H,27,28)/t21-/m1/s1. The van der Waals surface area contributed by atoms with Crippen LogP contribution in [0.5, 0.6) is 0 Å². The number of aliphatic carboxylic acids is 1. The van der Waals surface area contributed by atoms with Crippen LogP contribution >= 0.6 is 0 Å². The van der Waals surface area contributed by atoms with Gasteiger partial charge in [-0.05, 0) is 43.0 Å². The van der Waals surface area contributed by atoms with Crippen molar-refractivity contribution in [1.82, 2.24) is 15.2 Å². The molecule has 7 heteroatoms.